The fraction of sp³-hybridized carbons (Fsp3) is 0.522. The van der Waals surface area contributed by atoms with E-state index in [9.17, 15) is 18.0 Å². The molecule has 1 fully saturated rings. The zero-order chi connectivity index (χ0) is 24.2. The smallest absolute Gasteiger partial charge is 0.341 e. The molecule has 2 aromatic rings. The summed E-state index contributed by atoms with van der Waals surface area (Å²) in [5.74, 6) is 0.694. The van der Waals surface area contributed by atoms with Crippen LogP contribution in [0.2, 0.25) is 0 Å². The molecule has 7 nitrogen and oxygen atoms in total. The Hall–Kier alpha value is -2.88. The van der Waals surface area contributed by atoms with Gasteiger partial charge in [-0.25, -0.2) is 14.8 Å². The maximum atomic E-state index is 13.1. The third-order valence-electron chi connectivity index (χ3n) is 5.65. The number of nitrogens with one attached hydrogen (secondary N) is 1. The minimum absolute atomic E-state index is 0.0297. The number of alkyl halides is 3. The van der Waals surface area contributed by atoms with E-state index < -0.39 is 17.8 Å². The molecule has 1 aromatic heterocycles. The molecule has 1 aliphatic heterocycles. The number of piperidine rings is 1. The molecule has 0 unspecified atom stereocenters. The molecule has 0 bridgehead atoms. The molecule has 0 saturated carbocycles. The number of amides is 2. The summed E-state index contributed by atoms with van der Waals surface area (Å²) in [4.78, 5) is 28.0. The van der Waals surface area contributed by atoms with Gasteiger partial charge in [0, 0.05) is 49.3 Å². The Labute approximate surface area is 192 Å². The molecule has 1 aliphatic rings. The predicted molar refractivity (Wildman–Crippen MR) is 122 cm³/mol. The van der Waals surface area contributed by atoms with Crippen molar-refractivity contribution >= 4 is 17.7 Å². The van der Waals surface area contributed by atoms with E-state index in [-0.39, 0.29) is 11.7 Å². The number of aromatic nitrogens is 2. The van der Waals surface area contributed by atoms with Gasteiger partial charge < -0.3 is 20.0 Å². The number of hydrogen-bond donors (Lipinski definition) is 1. The molecule has 33 heavy (non-hydrogen) atoms. The molecule has 0 spiro atoms. The average molecular weight is 465 g/mol. The summed E-state index contributed by atoms with van der Waals surface area (Å²) in [6.45, 7) is 6.39. The van der Waals surface area contributed by atoms with E-state index in [2.05, 4.69) is 20.2 Å². The molecule has 2 heterocycles. The first-order chi connectivity index (χ1) is 15.5. The summed E-state index contributed by atoms with van der Waals surface area (Å²) in [6.07, 6.45) is -3.02. The van der Waals surface area contributed by atoms with Crippen molar-refractivity contribution in [1.82, 2.24) is 19.8 Å². The molecule has 180 valence electrons. The van der Waals surface area contributed by atoms with Crippen molar-refractivity contribution in [3.05, 3.63) is 47.3 Å². The number of carbonyl (C=O) groups is 1. The van der Waals surface area contributed by atoms with Crippen molar-refractivity contribution in [3.8, 4) is 0 Å². The predicted octanol–water partition coefficient (Wildman–Crippen LogP) is 4.18. The fourth-order valence-electron chi connectivity index (χ4n) is 3.95. The van der Waals surface area contributed by atoms with Gasteiger partial charge in [-0.15, -0.1) is 0 Å². The zero-order valence-electron chi connectivity index (χ0n) is 19.5. The molecule has 1 aromatic carbocycles. The SMILES string of the molecule is Cc1cc(C)nc(N2CCC(N(CCN(C)C)C(=O)Nc3cccc(C(F)(F)F)c3)CC2)n1. The van der Waals surface area contributed by atoms with Crippen LogP contribution in [0.4, 0.5) is 29.6 Å². The number of urea groups is 1. The van der Waals surface area contributed by atoms with Crippen molar-refractivity contribution in [2.45, 2.75) is 38.9 Å². The van der Waals surface area contributed by atoms with Gasteiger partial charge in [0.2, 0.25) is 5.95 Å². The second-order valence-corrected chi connectivity index (χ2v) is 8.67. The summed E-state index contributed by atoms with van der Waals surface area (Å²) in [6, 6.07) is 6.22. The molecule has 10 heteroatoms. The number of benzene rings is 1. The molecule has 0 radical (unpaired) electrons. The van der Waals surface area contributed by atoms with E-state index in [0.717, 1.165) is 36.4 Å². The second-order valence-electron chi connectivity index (χ2n) is 8.67. The van der Waals surface area contributed by atoms with Gasteiger partial charge in [-0.05, 0) is 65.0 Å². The summed E-state index contributed by atoms with van der Waals surface area (Å²) in [7, 11) is 3.84. The molecular formula is C23H31F3N6O. The molecular weight excluding hydrogens is 433 g/mol. The van der Waals surface area contributed by atoms with Crippen molar-refractivity contribution in [1.29, 1.82) is 0 Å². The van der Waals surface area contributed by atoms with E-state index in [1.54, 1.807) is 4.90 Å². The van der Waals surface area contributed by atoms with Gasteiger partial charge in [0.05, 0.1) is 5.56 Å². The molecule has 3 rings (SSSR count). The maximum Gasteiger partial charge on any atom is 0.416 e. The van der Waals surface area contributed by atoms with Gasteiger partial charge in [0.15, 0.2) is 0 Å². The lowest BCUT2D eigenvalue weighted by Gasteiger charge is -2.39. The van der Waals surface area contributed by atoms with E-state index in [1.807, 2.05) is 38.9 Å². The quantitative estimate of drug-likeness (QED) is 0.695. The van der Waals surface area contributed by atoms with Gasteiger partial charge in [-0.1, -0.05) is 6.07 Å². The Morgan fingerprint density at radius 1 is 1.09 bits per heavy atom. The number of hydrogen-bond acceptors (Lipinski definition) is 5. The maximum absolute atomic E-state index is 13.1. The average Bonchev–Trinajstić information content (AvgIpc) is 2.73. The standard InChI is InChI=1S/C23H31F3N6O/c1-16-14-17(2)28-21(27-16)31-10-8-20(9-11-31)32(13-12-30(3)4)22(33)29-19-7-5-6-18(15-19)23(24,25)26/h5-7,14-15,20H,8-13H2,1-4H3,(H,29,33). The Balaban J connectivity index is 1.70. The van der Waals surface area contributed by atoms with Crippen LogP contribution in [-0.4, -0.2) is 72.1 Å². The third kappa shape index (κ3) is 6.80. The lowest BCUT2D eigenvalue weighted by Crippen LogP contribution is -2.51. The van der Waals surface area contributed by atoms with E-state index in [1.165, 1.54) is 12.1 Å². The molecule has 1 N–H and O–H groups in total. The topological polar surface area (TPSA) is 64.6 Å². The van der Waals surface area contributed by atoms with Crippen LogP contribution in [0.5, 0.6) is 0 Å². The van der Waals surface area contributed by atoms with Crippen LogP contribution in [0, 0.1) is 13.8 Å². The zero-order valence-corrected chi connectivity index (χ0v) is 19.5. The molecule has 0 aliphatic carbocycles. The number of nitrogens with zero attached hydrogens (tertiary/aromatic N) is 5. The van der Waals surface area contributed by atoms with Crippen LogP contribution < -0.4 is 10.2 Å². The highest BCUT2D eigenvalue weighted by Gasteiger charge is 2.32. The molecule has 0 atom stereocenters. The van der Waals surface area contributed by atoms with E-state index in [0.29, 0.717) is 32.1 Å². The number of carbonyl (C=O) groups excluding carboxylic acids is 1. The van der Waals surface area contributed by atoms with Crippen LogP contribution in [0.3, 0.4) is 0 Å². The van der Waals surface area contributed by atoms with Crippen molar-refractivity contribution < 1.29 is 18.0 Å². The van der Waals surface area contributed by atoms with Crippen LogP contribution >= 0.6 is 0 Å². The van der Waals surface area contributed by atoms with Gasteiger partial charge in [-0.2, -0.15) is 13.2 Å². The highest BCUT2D eigenvalue weighted by Crippen LogP contribution is 2.31. The molecule has 2 amide bonds. The van der Waals surface area contributed by atoms with Crippen molar-refractivity contribution in [2.75, 3.05) is 50.5 Å². The van der Waals surface area contributed by atoms with Crippen LogP contribution in [0.15, 0.2) is 30.3 Å². The Morgan fingerprint density at radius 3 is 2.30 bits per heavy atom. The summed E-state index contributed by atoms with van der Waals surface area (Å²) >= 11 is 0. The minimum Gasteiger partial charge on any atom is -0.341 e. The second kappa shape index (κ2) is 10.4. The number of likely N-dealkylation sites (N-methyl/N-ethyl adjacent to an activating group) is 1. The monoisotopic (exact) mass is 464 g/mol. The van der Waals surface area contributed by atoms with Crippen LogP contribution in [0.25, 0.3) is 0 Å². The first-order valence-electron chi connectivity index (χ1n) is 11.0. The highest BCUT2D eigenvalue weighted by molar-refractivity contribution is 5.89. The largest absolute Gasteiger partial charge is 0.416 e. The summed E-state index contributed by atoms with van der Waals surface area (Å²) < 4.78 is 39.1. The minimum atomic E-state index is -4.46. The van der Waals surface area contributed by atoms with Crippen LogP contribution in [-0.2, 0) is 6.18 Å². The Bertz CT molecular complexity index is 937. The van der Waals surface area contributed by atoms with Gasteiger partial charge >= 0.3 is 12.2 Å². The van der Waals surface area contributed by atoms with Gasteiger partial charge in [-0.3, -0.25) is 0 Å². The number of aryl methyl sites for hydroxylation is 2. The normalized spacial score (nSPS) is 15.1. The fourth-order valence-corrected chi connectivity index (χ4v) is 3.95. The van der Waals surface area contributed by atoms with Gasteiger partial charge in [0.1, 0.15) is 0 Å². The lowest BCUT2D eigenvalue weighted by molar-refractivity contribution is -0.137. The summed E-state index contributed by atoms with van der Waals surface area (Å²) in [5.41, 5.74) is 1.16. The van der Waals surface area contributed by atoms with Gasteiger partial charge in [0.25, 0.3) is 0 Å². The first kappa shape index (κ1) is 24.8. The van der Waals surface area contributed by atoms with Crippen molar-refractivity contribution in [3.63, 3.8) is 0 Å². The number of rotatable bonds is 6. The Morgan fingerprint density at radius 2 is 1.73 bits per heavy atom. The lowest BCUT2D eigenvalue weighted by atomic mass is 10.0. The first-order valence-corrected chi connectivity index (χ1v) is 11.0. The molecule has 1 saturated heterocycles. The number of halogens is 3. The summed E-state index contributed by atoms with van der Waals surface area (Å²) in [5, 5.41) is 2.66. The van der Waals surface area contributed by atoms with Crippen molar-refractivity contribution in [2.24, 2.45) is 0 Å². The third-order valence-corrected chi connectivity index (χ3v) is 5.65. The number of anilines is 2. The van der Waals surface area contributed by atoms with Crippen LogP contribution in [0.1, 0.15) is 29.8 Å². The van der Waals surface area contributed by atoms with E-state index in [4.69, 9.17) is 0 Å². The Kier molecular flexibility index (Phi) is 7.78. The highest BCUT2D eigenvalue weighted by atomic mass is 19.4. The van der Waals surface area contributed by atoms with E-state index >= 15 is 0 Å².